The highest BCUT2D eigenvalue weighted by atomic mass is 19.1. The van der Waals surface area contributed by atoms with E-state index in [0.717, 1.165) is 31.4 Å². The molecule has 0 spiro atoms. The molecule has 0 saturated carbocycles. The average molecular weight is 271 g/mol. The number of aryl methyl sites for hydroxylation is 1. The molecule has 108 valence electrons. The Hall–Kier alpha value is -1.46. The predicted octanol–water partition coefficient (Wildman–Crippen LogP) is 2.55. The molecule has 0 N–H and O–H groups in total. The van der Waals surface area contributed by atoms with Crippen LogP contribution in [0.15, 0.2) is 0 Å². The number of carbonyl (C=O) groups is 1. The number of aromatic nitrogens is 3. The van der Waals surface area contributed by atoms with Crippen molar-refractivity contribution in [3.8, 4) is 0 Å². The summed E-state index contributed by atoms with van der Waals surface area (Å²) in [7, 11) is 0. The molecular weight excluding hydrogens is 249 g/mol. The van der Waals surface area contributed by atoms with E-state index in [1.165, 1.54) is 0 Å². The lowest BCUT2D eigenvalue weighted by Gasteiger charge is -2.06. The van der Waals surface area contributed by atoms with Crippen LogP contribution in [0.4, 0.5) is 4.39 Å². The zero-order valence-electron chi connectivity index (χ0n) is 11.7. The molecule has 0 bridgehead atoms. The van der Waals surface area contributed by atoms with Crippen molar-refractivity contribution in [3.05, 3.63) is 11.4 Å². The SMILES string of the molecule is CCCc1c(C(=O)OCC)nnn1CCCCCF. The second-order valence-corrected chi connectivity index (χ2v) is 4.33. The Kier molecular flexibility index (Phi) is 7.07. The number of ether oxygens (including phenoxy) is 1. The maximum Gasteiger partial charge on any atom is 0.360 e. The number of hydrogen-bond acceptors (Lipinski definition) is 4. The maximum absolute atomic E-state index is 12.0. The standard InChI is InChI=1S/C13H22FN3O2/c1-3-8-11-12(13(18)19-4-2)15-16-17(11)10-7-5-6-9-14/h3-10H2,1-2H3. The van der Waals surface area contributed by atoms with Crippen molar-refractivity contribution in [1.29, 1.82) is 0 Å². The van der Waals surface area contributed by atoms with Gasteiger partial charge in [-0.2, -0.15) is 0 Å². The molecule has 0 aliphatic carbocycles. The molecule has 0 atom stereocenters. The average Bonchev–Trinajstić information content (AvgIpc) is 2.79. The number of nitrogens with zero attached hydrogens (tertiary/aromatic N) is 3. The first-order chi connectivity index (χ1) is 9.24. The van der Waals surface area contributed by atoms with Gasteiger partial charge in [-0.3, -0.25) is 4.39 Å². The van der Waals surface area contributed by atoms with Gasteiger partial charge in [-0.05, 0) is 32.6 Å². The van der Waals surface area contributed by atoms with E-state index in [4.69, 9.17) is 4.74 Å². The van der Waals surface area contributed by atoms with E-state index in [1.807, 2.05) is 6.92 Å². The van der Waals surface area contributed by atoms with Crippen LogP contribution in [0.1, 0.15) is 55.7 Å². The molecule has 0 saturated heterocycles. The summed E-state index contributed by atoms with van der Waals surface area (Å²) in [5, 5.41) is 7.92. The number of esters is 1. The van der Waals surface area contributed by atoms with Crippen LogP contribution in [0.25, 0.3) is 0 Å². The first-order valence-electron chi connectivity index (χ1n) is 6.90. The molecular formula is C13H22FN3O2. The fraction of sp³-hybridized carbons (Fsp3) is 0.769. The van der Waals surface area contributed by atoms with Gasteiger partial charge >= 0.3 is 5.97 Å². The van der Waals surface area contributed by atoms with Gasteiger partial charge in [0.1, 0.15) is 0 Å². The summed E-state index contributed by atoms with van der Waals surface area (Å²) in [6.07, 6.45) is 3.87. The van der Waals surface area contributed by atoms with Crippen LogP contribution in [0.3, 0.4) is 0 Å². The van der Waals surface area contributed by atoms with Gasteiger partial charge in [0.05, 0.1) is 19.0 Å². The Balaban J connectivity index is 2.72. The predicted molar refractivity (Wildman–Crippen MR) is 69.8 cm³/mol. The number of unbranched alkanes of at least 4 members (excludes halogenated alkanes) is 2. The molecule has 1 rings (SSSR count). The summed E-state index contributed by atoms with van der Waals surface area (Å²) in [5.74, 6) is -0.416. The van der Waals surface area contributed by atoms with Crippen LogP contribution in [0, 0.1) is 0 Å². The quantitative estimate of drug-likeness (QED) is 0.511. The molecule has 19 heavy (non-hydrogen) atoms. The molecule has 0 radical (unpaired) electrons. The lowest BCUT2D eigenvalue weighted by Crippen LogP contribution is -2.11. The van der Waals surface area contributed by atoms with Crippen molar-refractivity contribution in [1.82, 2.24) is 15.0 Å². The van der Waals surface area contributed by atoms with Gasteiger partial charge in [-0.25, -0.2) is 9.48 Å². The van der Waals surface area contributed by atoms with Gasteiger partial charge < -0.3 is 4.74 Å². The number of alkyl halides is 1. The Morgan fingerprint density at radius 3 is 2.74 bits per heavy atom. The van der Waals surface area contributed by atoms with Crippen LogP contribution in [-0.4, -0.2) is 34.2 Å². The van der Waals surface area contributed by atoms with Crippen molar-refractivity contribution in [2.75, 3.05) is 13.3 Å². The normalized spacial score (nSPS) is 10.7. The lowest BCUT2D eigenvalue weighted by molar-refractivity contribution is 0.0518. The van der Waals surface area contributed by atoms with E-state index in [1.54, 1.807) is 11.6 Å². The molecule has 0 fully saturated rings. The summed E-state index contributed by atoms with van der Waals surface area (Å²) >= 11 is 0. The monoisotopic (exact) mass is 271 g/mol. The molecule has 5 nitrogen and oxygen atoms in total. The summed E-state index contributed by atoms with van der Waals surface area (Å²) in [6.45, 7) is 4.51. The Labute approximate surface area is 113 Å². The summed E-state index contributed by atoms with van der Waals surface area (Å²) in [5.41, 5.74) is 1.13. The van der Waals surface area contributed by atoms with Crippen LogP contribution in [0.5, 0.6) is 0 Å². The van der Waals surface area contributed by atoms with Crippen molar-refractivity contribution < 1.29 is 13.9 Å². The fourth-order valence-corrected chi connectivity index (χ4v) is 1.89. The molecule has 6 heteroatoms. The van der Waals surface area contributed by atoms with Crippen molar-refractivity contribution in [3.63, 3.8) is 0 Å². The molecule has 0 aliphatic heterocycles. The Bertz CT molecular complexity index is 393. The molecule has 0 aromatic carbocycles. The van der Waals surface area contributed by atoms with E-state index in [-0.39, 0.29) is 6.67 Å². The lowest BCUT2D eigenvalue weighted by atomic mass is 10.2. The molecule has 1 aromatic heterocycles. The molecule has 1 aromatic rings. The van der Waals surface area contributed by atoms with Crippen LogP contribution in [0.2, 0.25) is 0 Å². The van der Waals surface area contributed by atoms with Gasteiger partial charge in [0.2, 0.25) is 0 Å². The van der Waals surface area contributed by atoms with Gasteiger partial charge in [0, 0.05) is 6.54 Å². The zero-order valence-corrected chi connectivity index (χ0v) is 11.7. The largest absolute Gasteiger partial charge is 0.461 e. The van der Waals surface area contributed by atoms with Crippen molar-refractivity contribution >= 4 is 5.97 Å². The Morgan fingerprint density at radius 1 is 1.32 bits per heavy atom. The highest BCUT2D eigenvalue weighted by Crippen LogP contribution is 2.11. The summed E-state index contributed by atoms with van der Waals surface area (Å²) in [4.78, 5) is 11.7. The van der Waals surface area contributed by atoms with E-state index in [0.29, 0.717) is 25.3 Å². The van der Waals surface area contributed by atoms with Gasteiger partial charge in [-0.1, -0.05) is 18.6 Å². The zero-order chi connectivity index (χ0) is 14.1. The third kappa shape index (κ3) is 4.61. The van der Waals surface area contributed by atoms with E-state index in [9.17, 15) is 9.18 Å². The van der Waals surface area contributed by atoms with Crippen molar-refractivity contribution in [2.24, 2.45) is 0 Å². The number of hydrogen-bond donors (Lipinski definition) is 0. The van der Waals surface area contributed by atoms with E-state index in [2.05, 4.69) is 10.3 Å². The van der Waals surface area contributed by atoms with E-state index < -0.39 is 5.97 Å². The van der Waals surface area contributed by atoms with Crippen LogP contribution >= 0.6 is 0 Å². The number of carbonyl (C=O) groups excluding carboxylic acids is 1. The van der Waals surface area contributed by atoms with Gasteiger partial charge in [0.25, 0.3) is 0 Å². The second-order valence-electron chi connectivity index (χ2n) is 4.33. The smallest absolute Gasteiger partial charge is 0.360 e. The third-order valence-corrected chi connectivity index (χ3v) is 2.80. The van der Waals surface area contributed by atoms with Gasteiger partial charge in [0.15, 0.2) is 5.69 Å². The number of rotatable bonds is 9. The minimum absolute atomic E-state index is 0.284. The number of halogens is 1. The van der Waals surface area contributed by atoms with Crippen LogP contribution in [-0.2, 0) is 17.7 Å². The fourth-order valence-electron chi connectivity index (χ4n) is 1.89. The van der Waals surface area contributed by atoms with Gasteiger partial charge in [-0.15, -0.1) is 5.10 Å². The first-order valence-corrected chi connectivity index (χ1v) is 6.90. The molecule has 1 heterocycles. The topological polar surface area (TPSA) is 57.0 Å². The highest BCUT2D eigenvalue weighted by Gasteiger charge is 2.19. The third-order valence-electron chi connectivity index (χ3n) is 2.80. The highest BCUT2D eigenvalue weighted by molar-refractivity contribution is 5.88. The van der Waals surface area contributed by atoms with Crippen LogP contribution < -0.4 is 0 Å². The minimum Gasteiger partial charge on any atom is -0.461 e. The first kappa shape index (κ1) is 15.6. The molecule has 0 unspecified atom stereocenters. The van der Waals surface area contributed by atoms with E-state index >= 15 is 0 Å². The maximum atomic E-state index is 12.0. The molecule has 0 amide bonds. The Morgan fingerprint density at radius 2 is 2.11 bits per heavy atom. The second kappa shape index (κ2) is 8.61. The molecule has 0 aliphatic rings. The summed E-state index contributed by atoms with van der Waals surface area (Å²) in [6, 6.07) is 0. The minimum atomic E-state index is -0.416. The summed E-state index contributed by atoms with van der Waals surface area (Å²) < 4.78 is 18.7. The van der Waals surface area contributed by atoms with Crippen molar-refractivity contribution in [2.45, 2.75) is 52.5 Å².